The Morgan fingerprint density at radius 2 is 1.89 bits per heavy atom. The number of nitrogens with one attached hydrogen (secondary N) is 3. The molecule has 0 radical (unpaired) electrons. The van der Waals surface area contributed by atoms with Gasteiger partial charge in [-0.3, -0.25) is 14.7 Å². The number of hydrogen-bond donors (Lipinski definition) is 4. The van der Waals surface area contributed by atoms with E-state index in [2.05, 4.69) is 30.8 Å². The number of nitrogens with zero attached hydrogens (tertiary/aromatic N) is 4. The quantitative estimate of drug-likeness (QED) is 0.162. The molecule has 2 saturated heterocycles. The van der Waals surface area contributed by atoms with Gasteiger partial charge in [0.25, 0.3) is 0 Å². The van der Waals surface area contributed by atoms with E-state index >= 15 is 4.39 Å². The Bertz CT molecular complexity index is 1740. The normalized spacial score (nSPS) is 16.7. The molecule has 0 unspecified atom stereocenters. The summed E-state index contributed by atoms with van der Waals surface area (Å²) < 4.78 is 21.0. The summed E-state index contributed by atoms with van der Waals surface area (Å²) in [5.74, 6) is 0.376. The molecule has 46 heavy (non-hydrogen) atoms. The largest absolute Gasteiger partial charge is 0.481 e. The molecule has 1 amide bonds. The van der Waals surface area contributed by atoms with Crippen molar-refractivity contribution in [2.24, 2.45) is 5.92 Å². The van der Waals surface area contributed by atoms with Crippen molar-refractivity contribution in [3.63, 3.8) is 0 Å². The van der Waals surface area contributed by atoms with Crippen LogP contribution in [0.25, 0.3) is 22.5 Å². The van der Waals surface area contributed by atoms with Crippen LogP contribution in [-0.2, 0) is 17.9 Å². The van der Waals surface area contributed by atoms with E-state index in [0.717, 1.165) is 25.1 Å². The number of anilines is 2. The van der Waals surface area contributed by atoms with Crippen molar-refractivity contribution in [1.82, 2.24) is 30.5 Å². The Labute approximate surface area is 276 Å². The van der Waals surface area contributed by atoms with Crippen LogP contribution in [-0.4, -0.2) is 70.3 Å². The maximum atomic E-state index is 15.4. The fourth-order valence-corrected chi connectivity index (χ4v) is 6.34. The molecule has 0 aliphatic carbocycles. The van der Waals surface area contributed by atoms with Crippen molar-refractivity contribution in [3.05, 3.63) is 81.8 Å². The number of carbonyl (C=O) groups excluding carboxylic acids is 1. The summed E-state index contributed by atoms with van der Waals surface area (Å²) in [5.41, 5.74) is 4.05. The van der Waals surface area contributed by atoms with Crippen LogP contribution in [0.2, 0.25) is 10.0 Å². The van der Waals surface area contributed by atoms with Crippen LogP contribution >= 0.6 is 23.2 Å². The number of halogens is 3. The molecule has 2 fully saturated rings. The molecule has 1 aromatic carbocycles. The number of pyridine rings is 3. The van der Waals surface area contributed by atoms with Gasteiger partial charge >= 0.3 is 0 Å². The number of amides is 1. The summed E-state index contributed by atoms with van der Waals surface area (Å²) in [7, 11) is 1.57. The topological polar surface area (TPSA) is 125 Å². The third kappa shape index (κ3) is 6.93. The van der Waals surface area contributed by atoms with E-state index in [9.17, 15) is 9.90 Å². The van der Waals surface area contributed by atoms with Crippen LogP contribution in [0.3, 0.4) is 0 Å². The van der Waals surface area contributed by atoms with E-state index in [1.54, 1.807) is 49.8 Å². The smallest absolute Gasteiger partial charge is 0.220 e. The van der Waals surface area contributed by atoms with E-state index < -0.39 is 5.82 Å². The molecule has 3 aromatic heterocycles. The number of carbonyl (C=O) groups is 1. The summed E-state index contributed by atoms with van der Waals surface area (Å²) in [4.78, 5) is 27.0. The van der Waals surface area contributed by atoms with Gasteiger partial charge in [-0.05, 0) is 30.7 Å². The van der Waals surface area contributed by atoms with Crippen molar-refractivity contribution in [2.75, 3.05) is 38.7 Å². The van der Waals surface area contributed by atoms with Crippen LogP contribution in [0.4, 0.5) is 15.9 Å². The van der Waals surface area contributed by atoms with Gasteiger partial charge in [0.15, 0.2) is 11.6 Å². The van der Waals surface area contributed by atoms with E-state index in [0.29, 0.717) is 75.7 Å². The number of aliphatic hydroxyl groups excluding tert-OH is 1. The van der Waals surface area contributed by atoms with Gasteiger partial charge in [0.1, 0.15) is 0 Å². The lowest BCUT2D eigenvalue weighted by molar-refractivity contribution is -0.119. The summed E-state index contributed by atoms with van der Waals surface area (Å²) >= 11 is 13.8. The molecule has 2 aliphatic heterocycles. The van der Waals surface area contributed by atoms with Crippen molar-refractivity contribution < 1.29 is 19.0 Å². The molecule has 4 aromatic rings. The zero-order valence-electron chi connectivity index (χ0n) is 25.2. The van der Waals surface area contributed by atoms with Crippen molar-refractivity contribution >= 4 is 40.6 Å². The van der Waals surface area contributed by atoms with Gasteiger partial charge in [0.2, 0.25) is 11.8 Å². The summed E-state index contributed by atoms with van der Waals surface area (Å²) in [5, 5.41) is 19.3. The Balaban J connectivity index is 1.20. The van der Waals surface area contributed by atoms with Crippen LogP contribution in [0.15, 0.2) is 54.9 Å². The lowest BCUT2D eigenvalue weighted by Crippen LogP contribution is -2.47. The molecule has 0 spiro atoms. The minimum atomic E-state index is -0.460. The molecule has 4 N–H and O–H groups in total. The van der Waals surface area contributed by atoms with Crippen molar-refractivity contribution in [1.29, 1.82) is 0 Å². The first-order chi connectivity index (χ1) is 22.3. The Morgan fingerprint density at radius 3 is 2.65 bits per heavy atom. The third-order valence-corrected chi connectivity index (χ3v) is 9.04. The third-order valence-electron chi connectivity index (χ3n) is 8.25. The van der Waals surface area contributed by atoms with E-state index in [1.807, 2.05) is 12.1 Å². The number of aliphatic hydroxyl groups is 1. The highest BCUT2D eigenvalue weighted by Crippen LogP contribution is 2.41. The second kappa shape index (κ2) is 14.3. The number of benzene rings is 1. The standard InChI is InChI=1S/C33H34Cl2FN7O3/c1-46-33-20(13-37-14-22-6-8-27(45)40-22)5-7-25(42-33)23-10-12-38-31(29(23)35)24-3-2-4-26(28(24)34)41-32-30(36)21(9-11-39-32)17-43-15-19(16-43)18-44/h2-5,7,9-12,19,22,37,44H,6,8,13-18H2,1H3,(H,39,41)(H,40,45)/t22-/m0/s1. The van der Waals surface area contributed by atoms with Gasteiger partial charge in [-0.2, -0.15) is 0 Å². The number of aromatic nitrogens is 3. The maximum absolute atomic E-state index is 15.4. The Hall–Kier alpha value is -3.87. The molecule has 13 heteroatoms. The highest BCUT2D eigenvalue weighted by atomic mass is 35.5. The fraction of sp³-hybridized carbons (Fsp3) is 0.333. The average molecular weight is 667 g/mol. The lowest BCUT2D eigenvalue weighted by Gasteiger charge is -2.38. The van der Waals surface area contributed by atoms with Gasteiger partial charge in [-0.1, -0.05) is 41.4 Å². The minimum Gasteiger partial charge on any atom is -0.481 e. The molecule has 5 heterocycles. The molecule has 1 atom stereocenters. The zero-order chi connectivity index (χ0) is 32.2. The first-order valence-electron chi connectivity index (χ1n) is 15.1. The van der Waals surface area contributed by atoms with Gasteiger partial charge in [0.05, 0.1) is 34.2 Å². The monoisotopic (exact) mass is 665 g/mol. The molecule has 0 bridgehead atoms. The van der Waals surface area contributed by atoms with Crippen LogP contribution in [0, 0.1) is 11.7 Å². The highest BCUT2D eigenvalue weighted by Gasteiger charge is 2.27. The maximum Gasteiger partial charge on any atom is 0.220 e. The average Bonchev–Trinajstić information content (AvgIpc) is 3.46. The first-order valence-corrected chi connectivity index (χ1v) is 15.8. The fourth-order valence-electron chi connectivity index (χ4n) is 5.77. The predicted octanol–water partition coefficient (Wildman–Crippen LogP) is 5.20. The second-order valence-corrected chi connectivity index (χ2v) is 12.2. The lowest BCUT2D eigenvalue weighted by atomic mass is 10.0. The molecule has 240 valence electrons. The molecular weight excluding hydrogens is 632 g/mol. The predicted molar refractivity (Wildman–Crippen MR) is 176 cm³/mol. The molecule has 6 rings (SSSR count). The summed E-state index contributed by atoms with van der Waals surface area (Å²) in [6.07, 6.45) is 4.57. The number of rotatable bonds is 12. The SMILES string of the molecule is COc1nc(-c2ccnc(-c3cccc(Nc4nccc(CN5CC(CO)C5)c4F)c3Cl)c2Cl)ccc1CNC[C@@H]1CCC(=O)N1. The number of hydrogen-bond acceptors (Lipinski definition) is 9. The number of ether oxygens (including phenoxy) is 1. The van der Waals surface area contributed by atoms with Gasteiger partial charge in [-0.25, -0.2) is 14.4 Å². The Morgan fingerprint density at radius 1 is 1.07 bits per heavy atom. The van der Waals surface area contributed by atoms with Gasteiger partial charge in [0, 0.05) is 92.4 Å². The molecule has 2 aliphatic rings. The molecule has 0 saturated carbocycles. The highest BCUT2D eigenvalue weighted by molar-refractivity contribution is 6.39. The van der Waals surface area contributed by atoms with Crippen molar-refractivity contribution in [3.8, 4) is 28.4 Å². The zero-order valence-corrected chi connectivity index (χ0v) is 26.7. The van der Waals surface area contributed by atoms with Gasteiger partial charge in [-0.15, -0.1) is 0 Å². The van der Waals surface area contributed by atoms with E-state index in [1.165, 1.54) is 0 Å². The Kier molecular flexibility index (Phi) is 9.95. The summed E-state index contributed by atoms with van der Waals surface area (Å²) in [6, 6.07) is 12.7. The number of methoxy groups -OCH3 is 1. The summed E-state index contributed by atoms with van der Waals surface area (Å²) in [6.45, 7) is 3.20. The molecule has 10 nitrogen and oxygen atoms in total. The second-order valence-electron chi connectivity index (χ2n) is 11.5. The van der Waals surface area contributed by atoms with Crippen LogP contribution < -0.4 is 20.7 Å². The first kappa shape index (κ1) is 32.1. The molecular formula is C33H34Cl2FN7O3. The van der Waals surface area contributed by atoms with E-state index in [4.69, 9.17) is 32.9 Å². The van der Waals surface area contributed by atoms with Gasteiger partial charge < -0.3 is 25.8 Å². The van der Waals surface area contributed by atoms with Crippen LogP contribution in [0.1, 0.15) is 24.0 Å². The minimum absolute atomic E-state index is 0.0578. The van der Waals surface area contributed by atoms with Crippen molar-refractivity contribution in [2.45, 2.75) is 32.0 Å². The van der Waals surface area contributed by atoms with Crippen LogP contribution in [0.5, 0.6) is 5.88 Å². The van der Waals surface area contributed by atoms with E-state index in [-0.39, 0.29) is 30.3 Å². The number of likely N-dealkylation sites (tertiary alicyclic amines) is 1.